The summed E-state index contributed by atoms with van der Waals surface area (Å²) in [5.74, 6) is -0.356. The Bertz CT molecular complexity index is 1020. The standard InChI is InChI=1S/C23H20O2/c24-15-22(20-11-9-16-5-1-3-7-18(16)13-20)23(25)21-12-10-17-6-2-4-8-19(17)14-21/h1-14,22-25H,15H2/t22-,23-/m1/s1. The molecule has 0 radical (unpaired) electrons. The van der Waals surface area contributed by atoms with Crippen LogP contribution in [-0.2, 0) is 0 Å². The molecule has 124 valence electrons. The van der Waals surface area contributed by atoms with Crippen LogP contribution in [0.1, 0.15) is 23.1 Å². The van der Waals surface area contributed by atoms with Gasteiger partial charge in [-0.1, -0.05) is 78.9 Å². The Kier molecular flexibility index (Phi) is 4.22. The van der Waals surface area contributed by atoms with Crippen LogP contribution in [0.5, 0.6) is 0 Å². The minimum atomic E-state index is -0.754. The normalized spacial score (nSPS) is 13.8. The van der Waals surface area contributed by atoms with E-state index >= 15 is 0 Å². The summed E-state index contributed by atoms with van der Waals surface area (Å²) in [6, 6.07) is 28.3. The number of aliphatic hydroxyl groups excluding tert-OH is 2. The molecule has 0 amide bonds. The molecule has 0 aliphatic heterocycles. The van der Waals surface area contributed by atoms with Crippen LogP contribution in [0.4, 0.5) is 0 Å². The van der Waals surface area contributed by atoms with Crippen molar-refractivity contribution >= 4 is 21.5 Å². The van der Waals surface area contributed by atoms with Crippen LogP contribution in [0.25, 0.3) is 21.5 Å². The summed E-state index contributed by atoms with van der Waals surface area (Å²) in [6.07, 6.45) is -0.754. The second-order valence-corrected chi connectivity index (χ2v) is 6.45. The highest BCUT2D eigenvalue weighted by atomic mass is 16.3. The van der Waals surface area contributed by atoms with E-state index in [0.717, 1.165) is 32.7 Å². The molecule has 0 aromatic heterocycles. The van der Waals surface area contributed by atoms with Crippen LogP contribution in [0.15, 0.2) is 84.9 Å². The summed E-state index contributed by atoms with van der Waals surface area (Å²) < 4.78 is 0. The lowest BCUT2D eigenvalue weighted by molar-refractivity contribution is 0.107. The van der Waals surface area contributed by atoms with E-state index in [0.29, 0.717) is 0 Å². The van der Waals surface area contributed by atoms with E-state index < -0.39 is 6.10 Å². The van der Waals surface area contributed by atoms with Gasteiger partial charge in [-0.2, -0.15) is 0 Å². The first kappa shape index (κ1) is 15.8. The minimum absolute atomic E-state index is 0.105. The average Bonchev–Trinajstić information content (AvgIpc) is 2.68. The lowest BCUT2D eigenvalue weighted by Crippen LogP contribution is -2.15. The van der Waals surface area contributed by atoms with Crippen molar-refractivity contribution in [3.05, 3.63) is 96.1 Å². The van der Waals surface area contributed by atoms with Gasteiger partial charge in [0.05, 0.1) is 12.7 Å². The molecule has 0 aliphatic rings. The fourth-order valence-electron chi connectivity index (χ4n) is 3.45. The molecule has 2 heteroatoms. The van der Waals surface area contributed by atoms with Crippen LogP contribution in [0, 0.1) is 0 Å². The molecule has 25 heavy (non-hydrogen) atoms. The molecule has 0 bridgehead atoms. The maximum atomic E-state index is 10.9. The molecular formula is C23H20O2. The predicted molar refractivity (Wildman–Crippen MR) is 103 cm³/mol. The Morgan fingerprint density at radius 3 is 1.64 bits per heavy atom. The third-order valence-electron chi connectivity index (χ3n) is 4.89. The Hall–Kier alpha value is -2.68. The van der Waals surface area contributed by atoms with Gasteiger partial charge >= 0.3 is 0 Å². The molecule has 0 fully saturated rings. The summed E-state index contributed by atoms with van der Waals surface area (Å²) in [6.45, 7) is -0.105. The lowest BCUT2D eigenvalue weighted by atomic mass is 9.88. The van der Waals surface area contributed by atoms with Gasteiger partial charge in [0.2, 0.25) is 0 Å². The van der Waals surface area contributed by atoms with Gasteiger partial charge in [0.25, 0.3) is 0 Å². The molecule has 2 atom stereocenters. The molecule has 0 unspecified atom stereocenters. The van der Waals surface area contributed by atoms with E-state index in [4.69, 9.17) is 0 Å². The molecule has 0 heterocycles. The molecule has 4 rings (SSSR count). The van der Waals surface area contributed by atoms with Crippen molar-refractivity contribution in [1.29, 1.82) is 0 Å². The van der Waals surface area contributed by atoms with Crippen LogP contribution in [0.2, 0.25) is 0 Å². The van der Waals surface area contributed by atoms with Crippen molar-refractivity contribution in [2.24, 2.45) is 0 Å². The number of hydrogen-bond donors (Lipinski definition) is 2. The fraction of sp³-hybridized carbons (Fsp3) is 0.130. The molecule has 0 aliphatic carbocycles. The molecule has 0 saturated heterocycles. The van der Waals surface area contributed by atoms with Crippen LogP contribution in [-0.4, -0.2) is 16.8 Å². The SMILES string of the molecule is OC[C@H](c1ccc2ccccc2c1)[C@H](O)c1ccc2ccccc2c1. The summed E-state index contributed by atoms with van der Waals surface area (Å²) in [5, 5.41) is 25.3. The van der Waals surface area contributed by atoms with E-state index in [9.17, 15) is 10.2 Å². The zero-order chi connectivity index (χ0) is 17.2. The van der Waals surface area contributed by atoms with Gasteiger partial charge in [0.1, 0.15) is 0 Å². The van der Waals surface area contributed by atoms with Crippen molar-refractivity contribution < 1.29 is 10.2 Å². The summed E-state index contributed by atoms with van der Waals surface area (Å²) in [7, 11) is 0. The van der Waals surface area contributed by atoms with Gasteiger partial charge in [-0.3, -0.25) is 0 Å². The highest BCUT2D eigenvalue weighted by Gasteiger charge is 2.22. The second kappa shape index (κ2) is 6.67. The Labute approximate surface area is 147 Å². The molecule has 2 N–H and O–H groups in total. The first-order chi connectivity index (χ1) is 12.3. The van der Waals surface area contributed by atoms with E-state index in [1.54, 1.807) is 0 Å². The molecule has 4 aromatic rings. The smallest absolute Gasteiger partial charge is 0.0880 e. The number of fused-ring (bicyclic) bond motifs is 2. The first-order valence-corrected chi connectivity index (χ1v) is 8.52. The average molecular weight is 328 g/mol. The van der Waals surface area contributed by atoms with Gasteiger partial charge in [-0.25, -0.2) is 0 Å². The topological polar surface area (TPSA) is 40.5 Å². The van der Waals surface area contributed by atoms with Crippen molar-refractivity contribution in [3.63, 3.8) is 0 Å². The quantitative estimate of drug-likeness (QED) is 0.565. The van der Waals surface area contributed by atoms with Gasteiger partial charge in [0, 0.05) is 5.92 Å². The monoisotopic (exact) mass is 328 g/mol. The van der Waals surface area contributed by atoms with E-state index in [-0.39, 0.29) is 12.5 Å². The molecule has 2 nitrogen and oxygen atoms in total. The van der Waals surface area contributed by atoms with Crippen molar-refractivity contribution in [2.75, 3.05) is 6.61 Å². The van der Waals surface area contributed by atoms with Gasteiger partial charge in [-0.05, 0) is 38.7 Å². The number of benzene rings is 4. The van der Waals surface area contributed by atoms with Crippen LogP contribution in [0.3, 0.4) is 0 Å². The number of rotatable bonds is 4. The predicted octanol–water partition coefficient (Wildman–Crippen LogP) is 4.80. The van der Waals surface area contributed by atoms with Crippen molar-refractivity contribution in [2.45, 2.75) is 12.0 Å². The zero-order valence-corrected chi connectivity index (χ0v) is 13.8. The largest absolute Gasteiger partial charge is 0.396 e. The number of hydrogen-bond acceptors (Lipinski definition) is 2. The summed E-state index contributed by atoms with van der Waals surface area (Å²) in [5.41, 5.74) is 1.77. The maximum absolute atomic E-state index is 10.9. The molecular weight excluding hydrogens is 308 g/mol. The molecule has 4 aromatic carbocycles. The second-order valence-electron chi connectivity index (χ2n) is 6.45. The Morgan fingerprint density at radius 2 is 1.08 bits per heavy atom. The first-order valence-electron chi connectivity index (χ1n) is 8.52. The van der Waals surface area contributed by atoms with Crippen LogP contribution >= 0.6 is 0 Å². The Balaban J connectivity index is 1.72. The van der Waals surface area contributed by atoms with Gasteiger partial charge in [-0.15, -0.1) is 0 Å². The third-order valence-corrected chi connectivity index (χ3v) is 4.89. The third kappa shape index (κ3) is 3.02. The zero-order valence-electron chi connectivity index (χ0n) is 13.8. The van der Waals surface area contributed by atoms with Crippen molar-refractivity contribution in [3.8, 4) is 0 Å². The summed E-state index contributed by atoms with van der Waals surface area (Å²) in [4.78, 5) is 0. The van der Waals surface area contributed by atoms with E-state index in [1.807, 2.05) is 60.7 Å². The van der Waals surface area contributed by atoms with E-state index in [2.05, 4.69) is 24.3 Å². The Morgan fingerprint density at radius 1 is 0.600 bits per heavy atom. The van der Waals surface area contributed by atoms with Gasteiger partial charge in [0.15, 0.2) is 0 Å². The molecule has 0 spiro atoms. The number of aliphatic hydroxyl groups is 2. The van der Waals surface area contributed by atoms with Crippen LogP contribution < -0.4 is 0 Å². The maximum Gasteiger partial charge on any atom is 0.0880 e. The minimum Gasteiger partial charge on any atom is -0.396 e. The fourth-order valence-corrected chi connectivity index (χ4v) is 3.45. The molecule has 0 saturated carbocycles. The highest BCUT2D eigenvalue weighted by Crippen LogP contribution is 2.33. The van der Waals surface area contributed by atoms with Crippen molar-refractivity contribution in [1.82, 2.24) is 0 Å². The highest BCUT2D eigenvalue weighted by molar-refractivity contribution is 5.84. The van der Waals surface area contributed by atoms with E-state index in [1.165, 1.54) is 0 Å². The lowest BCUT2D eigenvalue weighted by Gasteiger charge is -2.22. The summed E-state index contributed by atoms with van der Waals surface area (Å²) >= 11 is 0. The van der Waals surface area contributed by atoms with Gasteiger partial charge < -0.3 is 10.2 Å².